The number of carbonyl (C=O) groups excluding carboxylic acids is 4. The number of nitro groups is 1. The number of hydrogen-bond acceptors (Lipinski definition) is 12. The van der Waals surface area contributed by atoms with E-state index in [-0.39, 0.29) is 48.2 Å². The van der Waals surface area contributed by atoms with Crippen molar-refractivity contribution in [3.05, 3.63) is 50.5 Å². The molecule has 3 aliphatic heterocycles. The van der Waals surface area contributed by atoms with Gasteiger partial charge in [0.2, 0.25) is 5.91 Å². The van der Waals surface area contributed by atoms with Gasteiger partial charge in [-0.05, 0) is 31.0 Å². The van der Waals surface area contributed by atoms with Crippen LogP contribution >= 0.6 is 23.5 Å². The molecule has 47 heavy (non-hydrogen) atoms. The number of aliphatic hydroxyl groups is 1. The minimum Gasteiger partial charge on any atom is -0.477 e. The maximum Gasteiger partial charge on any atom is 0.431 e. The number of nitro benzene ring substituents is 1. The van der Waals surface area contributed by atoms with Gasteiger partial charge in [-0.3, -0.25) is 19.7 Å². The van der Waals surface area contributed by atoms with Crippen molar-refractivity contribution in [1.82, 2.24) is 20.2 Å². The van der Waals surface area contributed by atoms with Crippen molar-refractivity contribution < 1.29 is 48.7 Å². The number of rotatable bonds is 12. The summed E-state index contributed by atoms with van der Waals surface area (Å²) in [6.45, 7) is 3.44. The molecule has 0 saturated carbocycles. The topological polar surface area (TPSA) is 209 Å². The number of hydrogen-bond donors (Lipinski definition) is 3. The minimum absolute atomic E-state index is 0.0652. The van der Waals surface area contributed by atoms with Crippen LogP contribution in [0.5, 0.6) is 0 Å². The molecule has 2 saturated heterocycles. The van der Waals surface area contributed by atoms with Gasteiger partial charge in [0.25, 0.3) is 11.6 Å². The average molecular weight is 696 g/mol. The standard InChI is InChI=1S/C29H37N5O11S2/c1-15-23-22(16(2)35)26(37)33(23)24(27(38)39)25(15)47-20-11-19(14-46-10-9-21(36)31(4)45-28(40)30-3)32(12-20)29(41)44-13-17-5-7-18(8-6-17)34(42)43/h5-8,15-16,19-20,22-23,35H,9-14H2,1-4H3,(H,30,40)(H,38,39)/t15-,16-,19+,20+,22-,23-/m1/s1. The number of non-ortho nitro benzene ring substituents is 1. The van der Waals surface area contributed by atoms with Crippen LogP contribution in [0.4, 0.5) is 15.3 Å². The smallest absolute Gasteiger partial charge is 0.431 e. The van der Waals surface area contributed by atoms with Crippen molar-refractivity contribution >= 4 is 59.2 Å². The van der Waals surface area contributed by atoms with Crippen LogP contribution in [0.15, 0.2) is 34.9 Å². The highest BCUT2D eigenvalue weighted by Crippen LogP contribution is 2.52. The lowest BCUT2D eigenvalue weighted by Crippen LogP contribution is -2.63. The van der Waals surface area contributed by atoms with Crippen LogP contribution in [-0.2, 0) is 30.6 Å². The Labute approximate surface area is 278 Å². The highest BCUT2D eigenvalue weighted by Gasteiger charge is 2.60. The number of aliphatic hydroxyl groups excluding tert-OH is 1. The molecule has 16 nitrogen and oxygen atoms in total. The number of thioether (sulfide) groups is 2. The number of ether oxygens (including phenoxy) is 1. The summed E-state index contributed by atoms with van der Waals surface area (Å²) in [5.41, 5.74) is 0.365. The van der Waals surface area contributed by atoms with Gasteiger partial charge in [0.05, 0.1) is 23.0 Å². The van der Waals surface area contributed by atoms with Crippen molar-refractivity contribution in [2.24, 2.45) is 11.8 Å². The van der Waals surface area contributed by atoms with Crippen LogP contribution in [0.3, 0.4) is 0 Å². The van der Waals surface area contributed by atoms with Gasteiger partial charge in [-0.2, -0.15) is 16.8 Å². The lowest BCUT2D eigenvalue weighted by atomic mass is 9.79. The van der Waals surface area contributed by atoms with Crippen LogP contribution < -0.4 is 5.32 Å². The van der Waals surface area contributed by atoms with E-state index in [4.69, 9.17) is 9.57 Å². The summed E-state index contributed by atoms with van der Waals surface area (Å²) in [5, 5.41) is 34.0. The number of aliphatic carboxylic acids is 1. The molecule has 0 bridgehead atoms. The average Bonchev–Trinajstić information content (AvgIpc) is 3.54. The second-order valence-electron chi connectivity index (χ2n) is 11.4. The van der Waals surface area contributed by atoms with Gasteiger partial charge in [0, 0.05) is 72.8 Å². The summed E-state index contributed by atoms with van der Waals surface area (Å²) in [5.74, 6) is -2.32. The van der Waals surface area contributed by atoms with Gasteiger partial charge in [0.1, 0.15) is 12.3 Å². The summed E-state index contributed by atoms with van der Waals surface area (Å²) in [4.78, 5) is 80.7. The minimum atomic E-state index is -1.24. The van der Waals surface area contributed by atoms with Crippen LogP contribution in [-0.4, -0.2) is 116 Å². The molecule has 2 fully saturated rings. The molecular formula is C29H37N5O11S2. The molecule has 4 rings (SSSR count). The number of carboxylic acids is 1. The maximum atomic E-state index is 13.3. The van der Waals surface area contributed by atoms with Crippen LogP contribution in [0.1, 0.15) is 32.3 Å². The fourth-order valence-electron chi connectivity index (χ4n) is 5.90. The largest absolute Gasteiger partial charge is 0.477 e. The Morgan fingerprint density at radius 3 is 2.51 bits per heavy atom. The molecule has 18 heteroatoms. The number of β-lactam (4-membered cyclic amide) rings is 1. The zero-order valence-corrected chi connectivity index (χ0v) is 27.8. The van der Waals surface area contributed by atoms with E-state index in [1.54, 1.807) is 4.90 Å². The summed E-state index contributed by atoms with van der Waals surface area (Å²) >= 11 is 2.72. The highest BCUT2D eigenvalue weighted by molar-refractivity contribution is 8.03. The number of carbonyl (C=O) groups is 5. The number of fused-ring (bicyclic) bond motifs is 1. The Hall–Kier alpha value is -4.03. The van der Waals surface area contributed by atoms with E-state index < -0.39 is 53.0 Å². The van der Waals surface area contributed by atoms with E-state index in [1.807, 2.05) is 6.92 Å². The molecule has 3 heterocycles. The Morgan fingerprint density at radius 1 is 1.23 bits per heavy atom. The Bertz CT molecular complexity index is 1440. The molecule has 3 N–H and O–H groups in total. The molecule has 1 aromatic rings. The monoisotopic (exact) mass is 695 g/mol. The highest BCUT2D eigenvalue weighted by atomic mass is 32.2. The fourth-order valence-corrected chi connectivity index (χ4v) is 8.54. The Kier molecular flexibility index (Phi) is 11.6. The third-order valence-corrected chi connectivity index (χ3v) is 10.9. The van der Waals surface area contributed by atoms with E-state index >= 15 is 0 Å². The van der Waals surface area contributed by atoms with Crippen LogP contribution in [0.25, 0.3) is 0 Å². The van der Waals surface area contributed by atoms with Gasteiger partial charge in [-0.25, -0.2) is 14.4 Å². The third kappa shape index (κ3) is 7.93. The molecule has 4 amide bonds. The first-order valence-corrected chi connectivity index (χ1v) is 16.8. The molecule has 0 spiro atoms. The van der Waals surface area contributed by atoms with Crippen molar-refractivity contribution in [3.8, 4) is 0 Å². The first kappa shape index (κ1) is 35.8. The van der Waals surface area contributed by atoms with E-state index in [0.717, 1.165) is 5.06 Å². The summed E-state index contributed by atoms with van der Waals surface area (Å²) in [6, 6.07) is 4.82. The Morgan fingerprint density at radius 2 is 1.91 bits per heavy atom. The second-order valence-corrected chi connectivity index (χ2v) is 13.9. The number of nitrogens with zero attached hydrogens (tertiary/aromatic N) is 4. The molecule has 256 valence electrons. The SMILES string of the molecule is CNC(=O)ON(C)C(=O)CCSC[C@@H]1C[C@H](SC2=C(C(=O)O)N3C(=O)[C@H]([C@@H](C)O)[C@H]3[C@H]2C)CN1C(=O)OCc1ccc([N+](=O)[O-])cc1. The lowest BCUT2D eigenvalue weighted by Gasteiger charge is -2.46. The summed E-state index contributed by atoms with van der Waals surface area (Å²) in [7, 11) is 2.69. The molecule has 0 unspecified atom stereocenters. The fraction of sp³-hybridized carbons (Fsp3) is 0.552. The predicted octanol–water partition coefficient (Wildman–Crippen LogP) is 2.41. The summed E-state index contributed by atoms with van der Waals surface area (Å²) in [6.07, 6.45) is -1.79. The van der Waals surface area contributed by atoms with E-state index in [1.165, 1.54) is 73.7 Å². The number of carboxylic acid groups (broad SMARTS) is 1. The second kappa shape index (κ2) is 15.2. The molecule has 0 radical (unpaired) electrons. The number of likely N-dealkylation sites (tertiary alicyclic amines) is 1. The van der Waals surface area contributed by atoms with Crippen molar-refractivity contribution in [2.75, 3.05) is 32.1 Å². The maximum absolute atomic E-state index is 13.3. The summed E-state index contributed by atoms with van der Waals surface area (Å²) < 4.78 is 5.56. The number of amides is 4. The molecule has 1 aromatic carbocycles. The first-order valence-electron chi connectivity index (χ1n) is 14.8. The number of benzene rings is 1. The van der Waals surface area contributed by atoms with Crippen molar-refractivity contribution in [2.45, 2.75) is 56.7 Å². The van der Waals surface area contributed by atoms with Gasteiger partial charge in [-0.1, -0.05) is 6.92 Å². The lowest BCUT2D eigenvalue weighted by molar-refractivity contribution is -0.384. The molecule has 6 atom stereocenters. The molecule has 0 aromatic heterocycles. The van der Waals surface area contributed by atoms with E-state index in [0.29, 0.717) is 28.4 Å². The molecular weight excluding hydrogens is 658 g/mol. The molecule has 0 aliphatic carbocycles. The van der Waals surface area contributed by atoms with E-state index in [2.05, 4.69) is 5.32 Å². The van der Waals surface area contributed by atoms with Crippen molar-refractivity contribution in [3.63, 3.8) is 0 Å². The number of nitrogens with one attached hydrogen (secondary N) is 1. The normalized spacial score (nSPS) is 23.9. The van der Waals surface area contributed by atoms with Gasteiger partial charge < -0.3 is 34.9 Å². The van der Waals surface area contributed by atoms with Crippen LogP contribution in [0.2, 0.25) is 0 Å². The zero-order valence-electron chi connectivity index (χ0n) is 26.2. The van der Waals surface area contributed by atoms with Crippen molar-refractivity contribution in [1.29, 1.82) is 0 Å². The third-order valence-electron chi connectivity index (χ3n) is 8.27. The van der Waals surface area contributed by atoms with E-state index in [9.17, 15) is 44.3 Å². The predicted molar refractivity (Wildman–Crippen MR) is 170 cm³/mol. The van der Waals surface area contributed by atoms with Gasteiger partial charge in [-0.15, -0.1) is 11.8 Å². The van der Waals surface area contributed by atoms with Gasteiger partial charge in [0.15, 0.2) is 0 Å². The first-order chi connectivity index (χ1) is 22.2. The quantitative estimate of drug-likeness (QED) is 0.124. The molecule has 3 aliphatic rings. The zero-order chi connectivity index (χ0) is 34.6. The van der Waals surface area contributed by atoms with Gasteiger partial charge >= 0.3 is 18.2 Å². The van der Waals surface area contributed by atoms with Crippen LogP contribution in [0, 0.1) is 22.0 Å². The number of hydroxylamine groups is 2. The Balaban J connectivity index is 1.44.